The lowest BCUT2D eigenvalue weighted by molar-refractivity contribution is -0.141. The summed E-state index contributed by atoms with van der Waals surface area (Å²) in [6.45, 7) is 0. The maximum absolute atomic E-state index is 12.8. The number of hydrogen-bond acceptors (Lipinski definition) is 5. The number of carboxylic acid groups (broad SMARTS) is 1. The van der Waals surface area contributed by atoms with Crippen molar-refractivity contribution in [3.05, 3.63) is 108 Å². The van der Waals surface area contributed by atoms with E-state index in [0.29, 0.717) is 22.3 Å². The van der Waals surface area contributed by atoms with Gasteiger partial charge >= 0.3 is 5.97 Å². The number of hydrogen-bond donors (Lipinski definition) is 3. The van der Waals surface area contributed by atoms with Crippen LogP contribution in [0.4, 0.5) is 5.69 Å². The van der Waals surface area contributed by atoms with Gasteiger partial charge in [-0.1, -0.05) is 60.7 Å². The maximum atomic E-state index is 12.8. The molecule has 0 saturated carbocycles. The molecule has 0 aliphatic heterocycles. The quantitative estimate of drug-likeness (QED) is 0.269. The van der Waals surface area contributed by atoms with E-state index in [-0.39, 0.29) is 17.9 Å². The molecule has 8 nitrogen and oxygen atoms in total. The lowest BCUT2D eigenvalue weighted by atomic mass is 10.0. The van der Waals surface area contributed by atoms with E-state index in [0.717, 1.165) is 5.39 Å². The number of nitrogens with one attached hydrogen (secondary N) is 2. The van der Waals surface area contributed by atoms with Gasteiger partial charge in [-0.25, -0.2) is 4.79 Å². The Morgan fingerprint density at radius 3 is 2.23 bits per heavy atom. The van der Waals surface area contributed by atoms with Crippen LogP contribution in [-0.2, 0) is 16.0 Å². The van der Waals surface area contributed by atoms with Crippen molar-refractivity contribution in [3.8, 4) is 0 Å². The Morgan fingerprint density at radius 2 is 1.51 bits per heavy atom. The van der Waals surface area contributed by atoms with Crippen LogP contribution in [0.3, 0.4) is 0 Å². The van der Waals surface area contributed by atoms with E-state index in [1.165, 1.54) is 12.1 Å². The first-order chi connectivity index (χ1) is 16.9. The average Bonchev–Trinajstić information content (AvgIpc) is 2.88. The molecule has 8 heteroatoms. The van der Waals surface area contributed by atoms with Crippen molar-refractivity contribution < 1.29 is 24.3 Å². The Bertz CT molecular complexity index is 1400. The monoisotopic (exact) mass is 467 g/mol. The molecule has 0 saturated heterocycles. The van der Waals surface area contributed by atoms with E-state index in [1.54, 1.807) is 54.7 Å². The molecule has 0 aliphatic rings. The molecule has 0 fully saturated rings. The Balaban J connectivity index is 1.41. The number of rotatable bonds is 8. The number of para-hydroxylation sites is 1. The molecule has 3 N–H and O–H groups in total. The first kappa shape index (κ1) is 23.3. The number of pyridine rings is 1. The molecule has 2 amide bonds. The van der Waals surface area contributed by atoms with Gasteiger partial charge in [0.1, 0.15) is 6.04 Å². The lowest BCUT2D eigenvalue weighted by Gasteiger charge is -2.15. The number of benzene rings is 3. The normalized spacial score (nSPS) is 11.4. The highest BCUT2D eigenvalue weighted by Crippen LogP contribution is 2.19. The van der Waals surface area contributed by atoms with Crippen LogP contribution in [0, 0.1) is 0 Å². The van der Waals surface area contributed by atoms with Gasteiger partial charge in [-0.2, -0.15) is 0 Å². The van der Waals surface area contributed by atoms with Crippen LogP contribution in [-0.4, -0.2) is 39.7 Å². The zero-order valence-corrected chi connectivity index (χ0v) is 18.5. The number of carbonyl (C=O) groups excluding carboxylic acids is 3. The van der Waals surface area contributed by atoms with Gasteiger partial charge in [0, 0.05) is 29.3 Å². The summed E-state index contributed by atoms with van der Waals surface area (Å²) in [6, 6.07) is 22.2. The summed E-state index contributed by atoms with van der Waals surface area (Å²) < 4.78 is 0. The fourth-order valence-electron chi connectivity index (χ4n) is 3.60. The summed E-state index contributed by atoms with van der Waals surface area (Å²) in [5, 5.41) is 15.4. The molecule has 0 spiro atoms. The highest BCUT2D eigenvalue weighted by Gasteiger charge is 2.25. The summed E-state index contributed by atoms with van der Waals surface area (Å²) in [4.78, 5) is 53.3. The van der Waals surface area contributed by atoms with E-state index >= 15 is 0 Å². The van der Waals surface area contributed by atoms with Crippen molar-refractivity contribution in [3.63, 3.8) is 0 Å². The van der Waals surface area contributed by atoms with Crippen molar-refractivity contribution in [2.75, 3.05) is 5.32 Å². The average molecular weight is 467 g/mol. The summed E-state index contributed by atoms with van der Waals surface area (Å²) in [5.41, 5.74) is 2.50. The maximum Gasteiger partial charge on any atom is 0.326 e. The number of ketones is 1. The molecule has 0 aliphatic carbocycles. The smallest absolute Gasteiger partial charge is 0.326 e. The second-order valence-electron chi connectivity index (χ2n) is 7.79. The number of carboxylic acids is 1. The SMILES string of the molecule is O=C(N[C@@H](Cc1ccc(NC(=O)c2ccnc3ccccc23)cc1)C(=O)O)C(=O)c1ccccc1. The number of Topliss-reactive ketones (excluding diaryl/α,β-unsaturated/α-hetero) is 1. The van der Waals surface area contributed by atoms with E-state index < -0.39 is 23.7 Å². The lowest BCUT2D eigenvalue weighted by Crippen LogP contribution is -2.45. The number of carbonyl (C=O) groups is 4. The van der Waals surface area contributed by atoms with Gasteiger partial charge in [-0.05, 0) is 29.8 Å². The van der Waals surface area contributed by atoms with Crippen LogP contribution in [0.1, 0.15) is 26.3 Å². The van der Waals surface area contributed by atoms with Crippen LogP contribution in [0.5, 0.6) is 0 Å². The summed E-state index contributed by atoms with van der Waals surface area (Å²) in [6.07, 6.45) is 1.54. The predicted octanol–water partition coefficient (Wildman–Crippen LogP) is 3.48. The van der Waals surface area contributed by atoms with Crippen molar-refractivity contribution in [2.45, 2.75) is 12.5 Å². The van der Waals surface area contributed by atoms with E-state index in [4.69, 9.17) is 0 Å². The van der Waals surface area contributed by atoms with Crippen LogP contribution in [0.25, 0.3) is 10.9 Å². The minimum atomic E-state index is -1.29. The molecule has 174 valence electrons. The highest BCUT2D eigenvalue weighted by molar-refractivity contribution is 6.43. The zero-order valence-electron chi connectivity index (χ0n) is 18.5. The Kier molecular flexibility index (Phi) is 6.92. The van der Waals surface area contributed by atoms with Gasteiger partial charge in [-0.3, -0.25) is 19.4 Å². The number of anilines is 1. The summed E-state index contributed by atoms with van der Waals surface area (Å²) in [5.74, 6) is -3.36. The van der Waals surface area contributed by atoms with Crippen molar-refractivity contribution >= 4 is 40.2 Å². The van der Waals surface area contributed by atoms with E-state index in [9.17, 15) is 24.3 Å². The molecular weight excluding hydrogens is 446 g/mol. The number of nitrogens with zero attached hydrogens (tertiary/aromatic N) is 1. The molecule has 4 rings (SSSR count). The first-order valence-corrected chi connectivity index (χ1v) is 10.8. The van der Waals surface area contributed by atoms with E-state index in [2.05, 4.69) is 15.6 Å². The van der Waals surface area contributed by atoms with Gasteiger partial charge in [0.15, 0.2) is 0 Å². The molecule has 0 unspecified atom stereocenters. The standard InChI is InChI=1S/C27H21N3O5/c31-24(18-6-2-1-3-7-18)26(33)30-23(27(34)35)16-17-10-12-19(13-11-17)29-25(32)21-14-15-28-22-9-5-4-8-20(21)22/h1-15,23H,16H2,(H,29,32)(H,30,33)(H,34,35)/t23-/m0/s1. The fraction of sp³-hybridized carbons (Fsp3) is 0.0741. The molecule has 0 bridgehead atoms. The Morgan fingerprint density at radius 1 is 0.829 bits per heavy atom. The van der Waals surface area contributed by atoms with Gasteiger partial charge in [0.05, 0.1) is 11.1 Å². The summed E-state index contributed by atoms with van der Waals surface area (Å²) >= 11 is 0. The third-order valence-electron chi connectivity index (χ3n) is 5.39. The van der Waals surface area contributed by atoms with Crippen molar-refractivity contribution in [1.82, 2.24) is 10.3 Å². The fourth-order valence-corrected chi connectivity index (χ4v) is 3.60. The Labute approximate surface area is 200 Å². The molecule has 1 atom stereocenters. The number of fused-ring (bicyclic) bond motifs is 1. The minimum absolute atomic E-state index is 0.0354. The van der Waals surface area contributed by atoms with Crippen LogP contribution in [0.2, 0.25) is 0 Å². The van der Waals surface area contributed by atoms with Crippen LogP contribution < -0.4 is 10.6 Å². The molecule has 1 aromatic heterocycles. The van der Waals surface area contributed by atoms with Crippen molar-refractivity contribution in [1.29, 1.82) is 0 Å². The Hall–Kier alpha value is -4.85. The molecule has 0 radical (unpaired) electrons. The van der Waals surface area contributed by atoms with Gasteiger partial charge < -0.3 is 15.7 Å². The topological polar surface area (TPSA) is 125 Å². The van der Waals surface area contributed by atoms with Gasteiger partial charge in [-0.15, -0.1) is 0 Å². The van der Waals surface area contributed by atoms with Gasteiger partial charge in [0.25, 0.3) is 11.8 Å². The first-order valence-electron chi connectivity index (χ1n) is 10.8. The number of aliphatic carboxylic acids is 1. The molecule has 35 heavy (non-hydrogen) atoms. The highest BCUT2D eigenvalue weighted by atomic mass is 16.4. The summed E-state index contributed by atoms with van der Waals surface area (Å²) in [7, 11) is 0. The van der Waals surface area contributed by atoms with E-state index in [1.807, 2.05) is 24.3 Å². The number of amides is 2. The third-order valence-corrected chi connectivity index (χ3v) is 5.39. The number of aromatic nitrogens is 1. The molecular formula is C27H21N3O5. The zero-order chi connectivity index (χ0) is 24.8. The second kappa shape index (κ2) is 10.4. The minimum Gasteiger partial charge on any atom is -0.480 e. The molecule has 3 aromatic carbocycles. The van der Waals surface area contributed by atoms with Crippen molar-refractivity contribution in [2.24, 2.45) is 0 Å². The molecule has 4 aromatic rings. The third kappa shape index (κ3) is 5.56. The van der Waals surface area contributed by atoms with Crippen LogP contribution >= 0.6 is 0 Å². The van der Waals surface area contributed by atoms with Gasteiger partial charge in [0.2, 0.25) is 5.78 Å². The molecule has 1 heterocycles. The largest absolute Gasteiger partial charge is 0.480 e. The van der Waals surface area contributed by atoms with Crippen LogP contribution in [0.15, 0.2) is 91.1 Å². The predicted molar refractivity (Wildman–Crippen MR) is 130 cm³/mol. The second-order valence-corrected chi connectivity index (χ2v) is 7.79.